The molecule has 0 aromatic heterocycles. The van der Waals surface area contributed by atoms with Crippen molar-refractivity contribution in [1.29, 1.82) is 0 Å². The highest BCUT2D eigenvalue weighted by Gasteiger charge is 2.26. The zero-order valence-corrected chi connectivity index (χ0v) is 12.8. The van der Waals surface area contributed by atoms with Crippen molar-refractivity contribution >= 4 is 10.0 Å². The zero-order valence-electron chi connectivity index (χ0n) is 12.0. The van der Waals surface area contributed by atoms with Crippen LogP contribution >= 0.6 is 0 Å². The molecular weight excluding hydrogens is 306 g/mol. The molecular formula is C12H18F2N2O4S. The van der Waals surface area contributed by atoms with Gasteiger partial charge >= 0.3 is 0 Å². The summed E-state index contributed by atoms with van der Waals surface area (Å²) >= 11 is 0. The molecule has 0 saturated carbocycles. The maximum atomic E-state index is 12.4. The number of benzene rings is 1. The van der Waals surface area contributed by atoms with E-state index in [0.717, 1.165) is 7.05 Å². The zero-order chi connectivity index (χ0) is 16.2. The molecule has 1 aromatic carbocycles. The summed E-state index contributed by atoms with van der Waals surface area (Å²) in [4.78, 5) is -0.177. The molecule has 0 unspecified atom stereocenters. The SMILES string of the molecule is COc1cc(S(=O)(=O)N(C)CC(F)F)cc(CN)c1OC. The van der Waals surface area contributed by atoms with Gasteiger partial charge in [-0.25, -0.2) is 17.2 Å². The number of alkyl halides is 2. The van der Waals surface area contributed by atoms with Crippen molar-refractivity contribution in [3.8, 4) is 11.5 Å². The van der Waals surface area contributed by atoms with Gasteiger partial charge in [-0.05, 0) is 6.07 Å². The lowest BCUT2D eigenvalue weighted by molar-refractivity contribution is 0.126. The molecule has 0 fully saturated rings. The normalized spacial score (nSPS) is 12.0. The van der Waals surface area contributed by atoms with Gasteiger partial charge in [-0.3, -0.25) is 0 Å². The maximum absolute atomic E-state index is 12.4. The van der Waals surface area contributed by atoms with Crippen LogP contribution in [0.2, 0.25) is 0 Å². The second-order valence-corrected chi connectivity index (χ2v) is 6.24. The van der Waals surface area contributed by atoms with Crippen molar-refractivity contribution in [1.82, 2.24) is 4.31 Å². The van der Waals surface area contributed by atoms with Crippen molar-refractivity contribution < 1.29 is 26.7 Å². The van der Waals surface area contributed by atoms with Crippen LogP contribution in [0, 0.1) is 0 Å². The van der Waals surface area contributed by atoms with E-state index >= 15 is 0 Å². The fraction of sp³-hybridized carbons (Fsp3) is 0.500. The largest absolute Gasteiger partial charge is 0.493 e. The Balaban J connectivity index is 3.36. The standard InChI is InChI=1S/C12H18F2N2O4S/c1-16(7-11(13)14)21(17,18)9-4-8(6-15)12(20-3)10(5-9)19-2/h4-5,11H,6-7,15H2,1-3H3. The van der Waals surface area contributed by atoms with Gasteiger partial charge in [0.2, 0.25) is 10.0 Å². The fourth-order valence-electron chi connectivity index (χ4n) is 1.79. The van der Waals surface area contributed by atoms with E-state index in [1.54, 1.807) is 0 Å². The van der Waals surface area contributed by atoms with Gasteiger partial charge in [-0.15, -0.1) is 0 Å². The third-order valence-electron chi connectivity index (χ3n) is 2.85. The molecule has 1 rings (SSSR count). The molecule has 0 bridgehead atoms. The highest BCUT2D eigenvalue weighted by Crippen LogP contribution is 2.34. The summed E-state index contributed by atoms with van der Waals surface area (Å²) in [6.07, 6.45) is -2.76. The summed E-state index contributed by atoms with van der Waals surface area (Å²) in [6, 6.07) is 2.51. The molecule has 0 aliphatic rings. The number of nitrogens with two attached hydrogens (primary N) is 1. The number of rotatable bonds is 7. The minimum Gasteiger partial charge on any atom is -0.493 e. The van der Waals surface area contributed by atoms with E-state index in [0.29, 0.717) is 15.6 Å². The Morgan fingerprint density at radius 2 is 1.90 bits per heavy atom. The first-order valence-electron chi connectivity index (χ1n) is 5.97. The molecule has 0 heterocycles. The first-order chi connectivity index (χ1) is 9.77. The third-order valence-corrected chi connectivity index (χ3v) is 4.65. The Labute approximate surface area is 122 Å². The van der Waals surface area contributed by atoms with E-state index in [2.05, 4.69) is 0 Å². The van der Waals surface area contributed by atoms with E-state index in [-0.39, 0.29) is 17.2 Å². The molecule has 1 aromatic rings. The lowest BCUT2D eigenvalue weighted by atomic mass is 10.2. The number of hydrogen-bond donors (Lipinski definition) is 1. The number of methoxy groups -OCH3 is 2. The monoisotopic (exact) mass is 324 g/mol. The van der Waals surface area contributed by atoms with Crippen molar-refractivity contribution in [2.45, 2.75) is 17.9 Å². The first kappa shape index (κ1) is 17.6. The Bertz CT molecular complexity index is 568. The van der Waals surface area contributed by atoms with Crippen LogP contribution in [0.4, 0.5) is 8.78 Å². The molecule has 120 valence electrons. The molecule has 0 spiro atoms. The van der Waals surface area contributed by atoms with Crippen LogP contribution in [-0.4, -0.2) is 47.0 Å². The van der Waals surface area contributed by atoms with Crippen molar-refractivity contribution in [3.05, 3.63) is 17.7 Å². The Morgan fingerprint density at radius 3 is 2.33 bits per heavy atom. The van der Waals surface area contributed by atoms with Crippen molar-refractivity contribution in [2.75, 3.05) is 27.8 Å². The van der Waals surface area contributed by atoms with Crippen LogP contribution in [0.3, 0.4) is 0 Å². The van der Waals surface area contributed by atoms with E-state index in [1.807, 2.05) is 0 Å². The van der Waals surface area contributed by atoms with Gasteiger partial charge in [-0.1, -0.05) is 0 Å². The summed E-state index contributed by atoms with van der Waals surface area (Å²) in [5.41, 5.74) is 5.96. The number of ether oxygens (including phenoxy) is 2. The number of halogens is 2. The Kier molecular flexibility index (Phi) is 5.87. The molecule has 9 heteroatoms. The van der Waals surface area contributed by atoms with Crippen LogP contribution in [0.15, 0.2) is 17.0 Å². The summed E-state index contributed by atoms with van der Waals surface area (Å²) in [5, 5.41) is 0. The van der Waals surface area contributed by atoms with Crippen LogP contribution in [0.1, 0.15) is 5.56 Å². The van der Waals surface area contributed by atoms with Gasteiger partial charge in [0.15, 0.2) is 11.5 Å². The predicted octanol–water partition coefficient (Wildman–Crippen LogP) is 1.05. The summed E-state index contributed by atoms with van der Waals surface area (Å²) in [7, 11) is -0.237. The minimum atomic E-state index is -4.06. The van der Waals surface area contributed by atoms with Gasteiger partial charge < -0.3 is 15.2 Å². The smallest absolute Gasteiger partial charge is 0.252 e. The lowest BCUT2D eigenvalue weighted by Crippen LogP contribution is -2.31. The average molecular weight is 324 g/mol. The second-order valence-electron chi connectivity index (χ2n) is 4.20. The summed E-state index contributed by atoms with van der Waals surface area (Å²) in [5.74, 6) is 0.486. The van der Waals surface area contributed by atoms with E-state index in [4.69, 9.17) is 15.2 Å². The van der Waals surface area contributed by atoms with Crippen LogP contribution < -0.4 is 15.2 Å². The number of sulfonamides is 1. The average Bonchev–Trinajstić information content (AvgIpc) is 2.44. The van der Waals surface area contributed by atoms with Gasteiger partial charge in [0, 0.05) is 25.2 Å². The molecule has 0 saturated heterocycles. The maximum Gasteiger partial charge on any atom is 0.252 e. The molecule has 0 atom stereocenters. The third kappa shape index (κ3) is 3.80. The van der Waals surface area contributed by atoms with Crippen LogP contribution in [-0.2, 0) is 16.6 Å². The van der Waals surface area contributed by atoms with E-state index in [1.165, 1.54) is 26.4 Å². The number of hydrogen-bond acceptors (Lipinski definition) is 5. The van der Waals surface area contributed by atoms with Gasteiger partial charge in [0.1, 0.15) is 0 Å². The van der Waals surface area contributed by atoms with Crippen LogP contribution in [0.5, 0.6) is 11.5 Å². The van der Waals surface area contributed by atoms with Crippen LogP contribution in [0.25, 0.3) is 0 Å². The highest BCUT2D eigenvalue weighted by molar-refractivity contribution is 7.89. The minimum absolute atomic E-state index is 0.0153. The van der Waals surface area contributed by atoms with Gasteiger partial charge in [0.25, 0.3) is 6.43 Å². The molecule has 2 N–H and O–H groups in total. The van der Waals surface area contributed by atoms with Crippen molar-refractivity contribution in [3.63, 3.8) is 0 Å². The van der Waals surface area contributed by atoms with Gasteiger partial charge in [0.05, 0.1) is 25.7 Å². The molecule has 6 nitrogen and oxygen atoms in total. The van der Waals surface area contributed by atoms with E-state index in [9.17, 15) is 17.2 Å². The predicted molar refractivity (Wildman–Crippen MR) is 73.3 cm³/mol. The topological polar surface area (TPSA) is 81.9 Å². The molecule has 0 radical (unpaired) electrons. The second kappa shape index (κ2) is 7.01. The summed E-state index contributed by atoms with van der Waals surface area (Å²) in [6.45, 7) is -0.879. The Morgan fingerprint density at radius 1 is 1.29 bits per heavy atom. The molecule has 0 aliphatic heterocycles. The number of nitrogens with zero attached hydrogens (tertiary/aromatic N) is 1. The molecule has 0 amide bonds. The Hall–Kier alpha value is -1.45. The fourth-order valence-corrected chi connectivity index (χ4v) is 3.00. The summed E-state index contributed by atoms with van der Waals surface area (Å²) < 4.78 is 60.0. The molecule has 0 aliphatic carbocycles. The lowest BCUT2D eigenvalue weighted by Gasteiger charge is -2.19. The first-order valence-corrected chi connectivity index (χ1v) is 7.41. The quantitative estimate of drug-likeness (QED) is 0.811. The molecule has 21 heavy (non-hydrogen) atoms. The van der Waals surface area contributed by atoms with Crippen molar-refractivity contribution in [2.24, 2.45) is 5.73 Å². The highest BCUT2D eigenvalue weighted by atomic mass is 32.2. The van der Waals surface area contributed by atoms with E-state index < -0.39 is 23.0 Å². The van der Waals surface area contributed by atoms with Gasteiger partial charge in [-0.2, -0.15) is 4.31 Å².